The Labute approximate surface area is 81.1 Å². The summed E-state index contributed by atoms with van der Waals surface area (Å²) >= 11 is 1.57. The molecule has 0 N–H and O–H groups in total. The molecule has 1 aromatic rings. The normalized spacial score (nSPS) is 20.4. The molecule has 13 heavy (non-hydrogen) atoms. The first kappa shape index (κ1) is 8.51. The van der Waals surface area contributed by atoms with Crippen LogP contribution < -0.4 is 0 Å². The van der Waals surface area contributed by atoms with Gasteiger partial charge >= 0.3 is 0 Å². The number of carbonyl (C=O) groups excluding carboxylic acids is 1. The third-order valence-corrected chi connectivity index (χ3v) is 3.26. The molecule has 0 fully saturated rings. The highest BCUT2D eigenvalue weighted by Crippen LogP contribution is 2.36. The second-order valence-corrected chi connectivity index (χ2v) is 4.08. The fourth-order valence-electron chi connectivity index (χ4n) is 1.25. The molecule has 0 bridgehead atoms. The van der Waals surface area contributed by atoms with Gasteiger partial charge in [0.2, 0.25) is 0 Å². The van der Waals surface area contributed by atoms with Crippen LogP contribution in [0.15, 0.2) is 34.2 Å². The van der Waals surface area contributed by atoms with E-state index >= 15 is 0 Å². The van der Waals surface area contributed by atoms with Gasteiger partial charge in [-0.1, -0.05) is 12.1 Å². The van der Waals surface area contributed by atoms with Gasteiger partial charge in [-0.3, -0.25) is 4.99 Å². The first-order valence-corrected chi connectivity index (χ1v) is 4.95. The van der Waals surface area contributed by atoms with Crippen LogP contribution in [0.2, 0.25) is 0 Å². The van der Waals surface area contributed by atoms with Gasteiger partial charge in [-0.05, 0) is 19.1 Å². The smallest absolute Gasteiger partial charge is 0.139 e. The van der Waals surface area contributed by atoms with Crippen molar-refractivity contribution in [3.8, 4) is 0 Å². The van der Waals surface area contributed by atoms with Gasteiger partial charge in [0.1, 0.15) is 11.5 Å². The second-order valence-electron chi connectivity index (χ2n) is 2.90. The molecule has 1 aliphatic rings. The number of para-hydroxylation sites is 1. The molecule has 1 aliphatic heterocycles. The molecule has 0 amide bonds. The molecule has 2 rings (SSSR count). The maximum atomic E-state index is 10.7. The number of hydrogen-bond acceptors (Lipinski definition) is 3. The van der Waals surface area contributed by atoms with Gasteiger partial charge < -0.3 is 4.79 Å². The molecule has 0 saturated carbocycles. The second kappa shape index (κ2) is 3.34. The number of rotatable bonds is 1. The Morgan fingerprint density at radius 3 is 3.00 bits per heavy atom. The number of hydrogen-bond donors (Lipinski definition) is 0. The summed E-state index contributed by atoms with van der Waals surface area (Å²) in [5.74, 6) is 0. The summed E-state index contributed by atoms with van der Waals surface area (Å²) in [6.45, 7) is 1.89. The Hall–Kier alpha value is -1.09. The fraction of sp³-hybridized carbons (Fsp3) is 0.200. The molecule has 66 valence electrons. The Morgan fingerprint density at radius 2 is 2.23 bits per heavy atom. The van der Waals surface area contributed by atoms with E-state index in [0.717, 1.165) is 22.6 Å². The van der Waals surface area contributed by atoms with E-state index in [1.54, 1.807) is 11.8 Å². The van der Waals surface area contributed by atoms with Crippen molar-refractivity contribution in [3.05, 3.63) is 24.3 Å². The average molecular weight is 191 g/mol. The molecule has 0 saturated heterocycles. The van der Waals surface area contributed by atoms with Crippen molar-refractivity contribution in [2.45, 2.75) is 17.1 Å². The molecular formula is C10H9NOS. The minimum absolute atomic E-state index is 0.102. The van der Waals surface area contributed by atoms with Crippen LogP contribution in [0.5, 0.6) is 0 Å². The van der Waals surface area contributed by atoms with Crippen LogP contribution in [-0.4, -0.2) is 17.2 Å². The summed E-state index contributed by atoms with van der Waals surface area (Å²) < 4.78 is 0. The van der Waals surface area contributed by atoms with Gasteiger partial charge in [-0.25, -0.2) is 0 Å². The van der Waals surface area contributed by atoms with E-state index in [-0.39, 0.29) is 5.25 Å². The van der Waals surface area contributed by atoms with Crippen molar-refractivity contribution in [2.75, 3.05) is 0 Å². The number of fused-ring (bicyclic) bond motifs is 1. The van der Waals surface area contributed by atoms with Crippen molar-refractivity contribution in [1.82, 2.24) is 0 Å². The highest BCUT2D eigenvalue weighted by molar-refractivity contribution is 8.01. The summed E-state index contributed by atoms with van der Waals surface area (Å²) in [7, 11) is 0. The van der Waals surface area contributed by atoms with E-state index in [4.69, 9.17) is 0 Å². The third-order valence-electron chi connectivity index (χ3n) is 1.95. The zero-order chi connectivity index (χ0) is 9.26. The van der Waals surface area contributed by atoms with Crippen molar-refractivity contribution in [3.63, 3.8) is 0 Å². The van der Waals surface area contributed by atoms with E-state index in [0.29, 0.717) is 0 Å². The summed E-state index contributed by atoms with van der Waals surface area (Å²) in [4.78, 5) is 16.1. The van der Waals surface area contributed by atoms with Crippen LogP contribution in [-0.2, 0) is 4.79 Å². The SMILES string of the molecule is CC1=Nc2ccccc2SC1C=O. The van der Waals surface area contributed by atoms with Gasteiger partial charge in [0, 0.05) is 10.6 Å². The molecule has 3 heteroatoms. The highest BCUT2D eigenvalue weighted by atomic mass is 32.2. The maximum Gasteiger partial charge on any atom is 0.139 e. The lowest BCUT2D eigenvalue weighted by molar-refractivity contribution is -0.106. The number of thioether (sulfide) groups is 1. The highest BCUT2D eigenvalue weighted by Gasteiger charge is 2.19. The number of benzene rings is 1. The van der Waals surface area contributed by atoms with E-state index < -0.39 is 0 Å². The van der Waals surface area contributed by atoms with Crippen molar-refractivity contribution in [2.24, 2.45) is 4.99 Å². The molecule has 0 aromatic heterocycles. The van der Waals surface area contributed by atoms with Crippen LogP contribution in [0.1, 0.15) is 6.92 Å². The molecule has 0 radical (unpaired) electrons. The molecule has 1 heterocycles. The summed E-state index contributed by atoms with van der Waals surface area (Å²) in [5, 5.41) is -0.102. The standard InChI is InChI=1S/C10H9NOS/c1-7-10(6-12)13-9-5-3-2-4-8(9)11-7/h2-6,10H,1H3. The fourth-order valence-corrected chi connectivity index (χ4v) is 2.20. The lowest BCUT2D eigenvalue weighted by Gasteiger charge is -2.17. The molecule has 1 atom stereocenters. The van der Waals surface area contributed by atoms with Gasteiger partial charge in [0.15, 0.2) is 0 Å². The molecule has 1 unspecified atom stereocenters. The Bertz CT molecular complexity index is 373. The zero-order valence-electron chi connectivity index (χ0n) is 7.23. The molecule has 2 nitrogen and oxygen atoms in total. The number of nitrogens with zero attached hydrogens (tertiary/aromatic N) is 1. The quantitative estimate of drug-likeness (QED) is 0.638. The molecule has 0 spiro atoms. The van der Waals surface area contributed by atoms with E-state index in [2.05, 4.69) is 4.99 Å². The van der Waals surface area contributed by atoms with Crippen molar-refractivity contribution in [1.29, 1.82) is 0 Å². The topological polar surface area (TPSA) is 29.4 Å². The Kier molecular flexibility index (Phi) is 2.19. The van der Waals surface area contributed by atoms with Gasteiger partial charge in [-0.2, -0.15) is 0 Å². The average Bonchev–Trinajstić information content (AvgIpc) is 2.17. The molecule has 1 aromatic carbocycles. The largest absolute Gasteiger partial charge is 0.302 e. The molecule has 0 aliphatic carbocycles. The predicted octanol–water partition coefficient (Wildman–Crippen LogP) is 2.45. The first-order chi connectivity index (χ1) is 6.31. The minimum Gasteiger partial charge on any atom is -0.302 e. The van der Waals surface area contributed by atoms with Crippen LogP contribution >= 0.6 is 11.8 Å². The van der Waals surface area contributed by atoms with Crippen LogP contribution in [0.25, 0.3) is 0 Å². The number of carbonyl (C=O) groups is 1. The third kappa shape index (κ3) is 1.52. The zero-order valence-corrected chi connectivity index (χ0v) is 8.04. The Morgan fingerprint density at radius 1 is 1.46 bits per heavy atom. The molecular weight excluding hydrogens is 182 g/mol. The van der Waals surface area contributed by atoms with E-state index in [9.17, 15) is 4.79 Å². The summed E-state index contributed by atoms with van der Waals surface area (Å²) in [6.07, 6.45) is 0.944. The summed E-state index contributed by atoms with van der Waals surface area (Å²) in [6, 6.07) is 7.88. The van der Waals surface area contributed by atoms with Crippen LogP contribution in [0.4, 0.5) is 5.69 Å². The number of aldehydes is 1. The van der Waals surface area contributed by atoms with Gasteiger partial charge in [-0.15, -0.1) is 11.8 Å². The van der Waals surface area contributed by atoms with Crippen molar-refractivity contribution < 1.29 is 4.79 Å². The predicted molar refractivity (Wildman–Crippen MR) is 54.9 cm³/mol. The van der Waals surface area contributed by atoms with Gasteiger partial charge in [0.25, 0.3) is 0 Å². The monoisotopic (exact) mass is 191 g/mol. The lowest BCUT2D eigenvalue weighted by atomic mass is 10.2. The van der Waals surface area contributed by atoms with Crippen LogP contribution in [0, 0.1) is 0 Å². The van der Waals surface area contributed by atoms with Crippen LogP contribution in [0.3, 0.4) is 0 Å². The number of aliphatic imine (C=N–C) groups is 1. The van der Waals surface area contributed by atoms with E-state index in [1.165, 1.54) is 0 Å². The van der Waals surface area contributed by atoms with Crippen molar-refractivity contribution >= 4 is 29.4 Å². The minimum atomic E-state index is -0.102. The van der Waals surface area contributed by atoms with Gasteiger partial charge in [0.05, 0.1) is 5.69 Å². The van der Waals surface area contributed by atoms with E-state index in [1.807, 2.05) is 31.2 Å². The Balaban J connectivity index is 2.46. The first-order valence-electron chi connectivity index (χ1n) is 4.07. The lowest BCUT2D eigenvalue weighted by Crippen LogP contribution is -2.17. The summed E-state index contributed by atoms with van der Waals surface area (Å²) in [5.41, 5.74) is 1.86. The maximum absolute atomic E-state index is 10.7.